The first-order chi connectivity index (χ1) is 11.5. The summed E-state index contributed by atoms with van der Waals surface area (Å²) in [5.41, 5.74) is 1.11. The number of nitrogens with one attached hydrogen (secondary N) is 2. The van der Waals surface area contributed by atoms with E-state index in [0.29, 0.717) is 28.9 Å². The molecule has 1 aliphatic heterocycles. The number of carbonyl (C=O) groups is 2. The largest absolute Gasteiger partial charge is 0.375 e. The minimum atomic E-state index is -0.281. The van der Waals surface area contributed by atoms with Gasteiger partial charge in [0.05, 0.1) is 10.7 Å². The SMILES string of the molecule is COCC(=O)Nc1ccc(NC(=O)CC2CCCCN2C)cc1Cl. The molecule has 7 heteroatoms. The molecule has 1 saturated heterocycles. The van der Waals surface area contributed by atoms with Crippen LogP contribution in [0.4, 0.5) is 11.4 Å². The lowest BCUT2D eigenvalue weighted by molar-refractivity contribution is -0.119. The molecule has 1 aromatic carbocycles. The molecular weight excluding hydrogens is 330 g/mol. The first-order valence-corrected chi connectivity index (χ1v) is 8.46. The predicted octanol–water partition coefficient (Wildman–Crippen LogP) is 2.74. The van der Waals surface area contributed by atoms with Gasteiger partial charge in [-0.25, -0.2) is 0 Å². The summed E-state index contributed by atoms with van der Waals surface area (Å²) in [6.07, 6.45) is 3.89. The monoisotopic (exact) mass is 353 g/mol. The Morgan fingerprint density at radius 1 is 1.29 bits per heavy atom. The van der Waals surface area contributed by atoms with Crippen LogP contribution in [0.2, 0.25) is 5.02 Å². The fourth-order valence-electron chi connectivity index (χ4n) is 2.84. The first-order valence-electron chi connectivity index (χ1n) is 8.08. The Morgan fingerprint density at radius 3 is 2.75 bits per heavy atom. The average Bonchev–Trinajstić information content (AvgIpc) is 2.52. The third kappa shape index (κ3) is 5.47. The molecule has 24 heavy (non-hydrogen) atoms. The number of hydrogen-bond acceptors (Lipinski definition) is 4. The second kappa shape index (κ2) is 9.01. The van der Waals surface area contributed by atoms with Crippen LogP contribution >= 0.6 is 11.6 Å². The maximum atomic E-state index is 12.2. The molecule has 132 valence electrons. The quantitative estimate of drug-likeness (QED) is 0.825. The highest BCUT2D eigenvalue weighted by Gasteiger charge is 2.21. The Balaban J connectivity index is 1.91. The number of ether oxygens (including phenoxy) is 1. The van der Waals surface area contributed by atoms with Gasteiger partial charge in [0.1, 0.15) is 6.61 Å². The van der Waals surface area contributed by atoms with Crippen molar-refractivity contribution in [2.24, 2.45) is 0 Å². The molecule has 1 aromatic rings. The number of halogens is 1. The van der Waals surface area contributed by atoms with E-state index < -0.39 is 0 Å². The Hall–Kier alpha value is -1.63. The molecule has 0 spiro atoms. The number of benzene rings is 1. The van der Waals surface area contributed by atoms with Gasteiger partial charge in [0.25, 0.3) is 0 Å². The Kier molecular flexibility index (Phi) is 7.02. The van der Waals surface area contributed by atoms with E-state index in [1.807, 2.05) is 0 Å². The van der Waals surface area contributed by atoms with Gasteiger partial charge in [-0.3, -0.25) is 9.59 Å². The molecule has 1 heterocycles. The molecule has 2 rings (SSSR count). The van der Waals surface area contributed by atoms with E-state index in [2.05, 4.69) is 22.6 Å². The number of amides is 2. The minimum absolute atomic E-state index is 0.0269. The zero-order chi connectivity index (χ0) is 17.5. The van der Waals surface area contributed by atoms with Crippen LogP contribution in [-0.4, -0.2) is 50.1 Å². The Labute approximate surface area is 147 Å². The van der Waals surface area contributed by atoms with Crippen molar-refractivity contribution in [3.8, 4) is 0 Å². The van der Waals surface area contributed by atoms with Crippen LogP contribution in [-0.2, 0) is 14.3 Å². The molecule has 1 fully saturated rings. The minimum Gasteiger partial charge on any atom is -0.375 e. The van der Waals surface area contributed by atoms with Crippen molar-refractivity contribution in [2.75, 3.05) is 37.9 Å². The van der Waals surface area contributed by atoms with Gasteiger partial charge in [-0.2, -0.15) is 0 Å². The molecule has 0 aliphatic carbocycles. The molecule has 0 saturated carbocycles. The summed E-state index contributed by atoms with van der Waals surface area (Å²) in [5, 5.41) is 5.88. The molecule has 0 bridgehead atoms. The normalized spacial score (nSPS) is 18.2. The number of piperidine rings is 1. The van der Waals surface area contributed by atoms with Crippen molar-refractivity contribution in [3.05, 3.63) is 23.2 Å². The fourth-order valence-corrected chi connectivity index (χ4v) is 3.07. The highest BCUT2D eigenvalue weighted by Crippen LogP contribution is 2.26. The third-order valence-electron chi connectivity index (χ3n) is 4.14. The summed E-state index contributed by atoms with van der Waals surface area (Å²) in [5.74, 6) is -0.308. The van der Waals surface area contributed by atoms with Crippen molar-refractivity contribution in [3.63, 3.8) is 0 Å². The molecule has 0 aromatic heterocycles. The average molecular weight is 354 g/mol. The number of likely N-dealkylation sites (tertiary alicyclic amines) is 1. The van der Waals surface area contributed by atoms with Gasteiger partial charge < -0.3 is 20.3 Å². The third-order valence-corrected chi connectivity index (χ3v) is 4.46. The van der Waals surface area contributed by atoms with E-state index in [9.17, 15) is 9.59 Å². The first kappa shape index (κ1) is 18.7. The summed E-state index contributed by atoms with van der Waals surface area (Å²) in [4.78, 5) is 26.0. The van der Waals surface area contributed by atoms with Crippen LogP contribution < -0.4 is 10.6 Å². The number of nitrogens with zero attached hydrogens (tertiary/aromatic N) is 1. The van der Waals surface area contributed by atoms with E-state index in [-0.39, 0.29) is 18.4 Å². The summed E-state index contributed by atoms with van der Waals surface area (Å²) < 4.78 is 4.76. The molecule has 0 radical (unpaired) electrons. The highest BCUT2D eigenvalue weighted by atomic mass is 35.5. The number of rotatable bonds is 6. The van der Waals surface area contributed by atoms with Gasteiger partial charge in [-0.1, -0.05) is 18.0 Å². The molecule has 2 N–H and O–H groups in total. The molecule has 2 amide bonds. The molecule has 1 atom stereocenters. The topological polar surface area (TPSA) is 70.7 Å². The summed E-state index contributed by atoms with van der Waals surface area (Å²) in [6, 6.07) is 5.31. The van der Waals surface area contributed by atoms with Gasteiger partial charge in [0, 0.05) is 25.3 Å². The molecule has 1 unspecified atom stereocenters. The molecule has 1 aliphatic rings. The standard InChI is InChI=1S/C17H24ClN3O3/c1-21-8-4-3-5-13(21)10-16(22)19-12-6-7-15(14(18)9-12)20-17(23)11-24-2/h6-7,9,13H,3-5,8,10-11H2,1-2H3,(H,19,22)(H,20,23). The van der Waals surface area contributed by atoms with Gasteiger partial charge in [-0.15, -0.1) is 0 Å². The highest BCUT2D eigenvalue weighted by molar-refractivity contribution is 6.34. The number of hydrogen-bond donors (Lipinski definition) is 2. The number of methoxy groups -OCH3 is 1. The van der Waals surface area contributed by atoms with E-state index in [0.717, 1.165) is 13.0 Å². The maximum Gasteiger partial charge on any atom is 0.250 e. The maximum absolute atomic E-state index is 12.2. The Morgan fingerprint density at radius 2 is 2.08 bits per heavy atom. The van der Waals surface area contributed by atoms with Crippen LogP contribution in [0.5, 0.6) is 0 Å². The van der Waals surface area contributed by atoms with Crippen LogP contribution in [0.15, 0.2) is 18.2 Å². The molecular formula is C17H24ClN3O3. The second-order valence-corrected chi connectivity index (χ2v) is 6.47. The summed E-state index contributed by atoms with van der Waals surface area (Å²) in [6.45, 7) is 1.00. The fraction of sp³-hybridized carbons (Fsp3) is 0.529. The van der Waals surface area contributed by atoms with E-state index in [1.165, 1.54) is 20.0 Å². The number of carbonyl (C=O) groups excluding carboxylic acids is 2. The second-order valence-electron chi connectivity index (χ2n) is 6.06. The zero-order valence-electron chi connectivity index (χ0n) is 14.1. The van der Waals surface area contributed by atoms with Gasteiger partial charge >= 0.3 is 0 Å². The van der Waals surface area contributed by atoms with Crippen molar-refractivity contribution in [1.29, 1.82) is 0 Å². The zero-order valence-corrected chi connectivity index (χ0v) is 14.9. The van der Waals surface area contributed by atoms with Crippen molar-refractivity contribution >= 4 is 34.8 Å². The summed E-state index contributed by atoms with van der Waals surface area (Å²) >= 11 is 6.16. The predicted molar refractivity (Wildman–Crippen MR) is 95.5 cm³/mol. The van der Waals surface area contributed by atoms with Gasteiger partial charge in [-0.05, 0) is 44.6 Å². The van der Waals surface area contributed by atoms with Crippen LogP contribution in [0.25, 0.3) is 0 Å². The number of anilines is 2. The van der Waals surface area contributed by atoms with Crippen molar-refractivity contribution < 1.29 is 14.3 Å². The lowest BCUT2D eigenvalue weighted by atomic mass is 10.00. The van der Waals surface area contributed by atoms with Crippen molar-refractivity contribution in [1.82, 2.24) is 4.90 Å². The van der Waals surface area contributed by atoms with Crippen LogP contribution in [0.1, 0.15) is 25.7 Å². The van der Waals surface area contributed by atoms with Gasteiger partial charge in [0.15, 0.2) is 0 Å². The van der Waals surface area contributed by atoms with Gasteiger partial charge in [0.2, 0.25) is 11.8 Å². The smallest absolute Gasteiger partial charge is 0.250 e. The van der Waals surface area contributed by atoms with E-state index >= 15 is 0 Å². The van der Waals surface area contributed by atoms with Crippen LogP contribution in [0.3, 0.4) is 0 Å². The lowest BCUT2D eigenvalue weighted by Gasteiger charge is -2.31. The molecule has 6 nitrogen and oxygen atoms in total. The van der Waals surface area contributed by atoms with E-state index in [4.69, 9.17) is 16.3 Å². The van der Waals surface area contributed by atoms with E-state index in [1.54, 1.807) is 18.2 Å². The van der Waals surface area contributed by atoms with Crippen LogP contribution in [0, 0.1) is 0 Å². The van der Waals surface area contributed by atoms with Crippen molar-refractivity contribution in [2.45, 2.75) is 31.7 Å². The summed E-state index contributed by atoms with van der Waals surface area (Å²) in [7, 11) is 3.51. The Bertz CT molecular complexity index is 594. The lowest BCUT2D eigenvalue weighted by Crippen LogP contribution is -2.38.